The summed E-state index contributed by atoms with van der Waals surface area (Å²) in [6.45, 7) is 5.83. The van der Waals surface area contributed by atoms with Crippen LogP contribution in [0.3, 0.4) is 0 Å². The molecule has 0 saturated carbocycles. The lowest BCUT2D eigenvalue weighted by Gasteiger charge is -2.35. The lowest BCUT2D eigenvalue weighted by molar-refractivity contribution is -0.145. The molecule has 0 spiro atoms. The van der Waals surface area contributed by atoms with E-state index in [2.05, 4.69) is 6.92 Å². The third-order valence-corrected chi connectivity index (χ3v) is 4.28. The Labute approximate surface area is 137 Å². The average molecular weight is 319 g/mol. The number of carbonyl (C=O) groups excluding carboxylic acids is 2. The standard InChI is InChI=1S/C18H25NO4/c1-3-22-17(20)11-16-9-10-19(12-14(16)2)18(21)23-13-15-7-5-4-6-8-15/h4-8,14,16H,3,9-13H2,1-2H3. The first-order chi connectivity index (χ1) is 11.1. The molecule has 126 valence electrons. The van der Waals surface area contributed by atoms with Crippen molar-refractivity contribution in [1.29, 1.82) is 0 Å². The molecule has 2 atom stereocenters. The maximum Gasteiger partial charge on any atom is 0.410 e. The molecule has 0 aromatic heterocycles. The molecular formula is C18H25NO4. The van der Waals surface area contributed by atoms with Crippen LogP contribution in [0.4, 0.5) is 4.79 Å². The van der Waals surface area contributed by atoms with Gasteiger partial charge in [-0.25, -0.2) is 4.79 Å². The summed E-state index contributed by atoms with van der Waals surface area (Å²) in [5, 5.41) is 0. The van der Waals surface area contributed by atoms with Crippen molar-refractivity contribution in [2.24, 2.45) is 11.8 Å². The molecule has 1 fully saturated rings. The normalized spacial score (nSPS) is 20.9. The highest BCUT2D eigenvalue weighted by Crippen LogP contribution is 2.27. The van der Waals surface area contributed by atoms with E-state index in [-0.39, 0.29) is 30.5 Å². The highest BCUT2D eigenvalue weighted by molar-refractivity contribution is 5.70. The number of hydrogen-bond acceptors (Lipinski definition) is 4. The van der Waals surface area contributed by atoms with E-state index in [1.807, 2.05) is 37.3 Å². The molecule has 1 aliphatic heterocycles. The van der Waals surface area contributed by atoms with Crippen molar-refractivity contribution in [2.45, 2.75) is 33.3 Å². The first-order valence-corrected chi connectivity index (χ1v) is 8.21. The van der Waals surface area contributed by atoms with Gasteiger partial charge in [-0.1, -0.05) is 37.3 Å². The van der Waals surface area contributed by atoms with Crippen LogP contribution in [-0.4, -0.2) is 36.7 Å². The zero-order valence-corrected chi connectivity index (χ0v) is 13.9. The monoisotopic (exact) mass is 319 g/mol. The van der Waals surface area contributed by atoms with Crippen molar-refractivity contribution in [3.63, 3.8) is 0 Å². The zero-order valence-electron chi connectivity index (χ0n) is 13.9. The molecule has 1 aromatic carbocycles. The minimum Gasteiger partial charge on any atom is -0.466 e. The molecule has 0 bridgehead atoms. The largest absolute Gasteiger partial charge is 0.466 e. The summed E-state index contributed by atoms with van der Waals surface area (Å²) in [4.78, 5) is 25.5. The smallest absolute Gasteiger partial charge is 0.410 e. The lowest BCUT2D eigenvalue weighted by atomic mass is 9.84. The molecule has 5 heteroatoms. The summed E-state index contributed by atoms with van der Waals surface area (Å²) in [5.74, 6) is 0.383. The van der Waals surface area contributed by atoms with Crippen molar-refractivity contribution in [3.05, 3.63) is 35.9 Å². The van der Waals surface area contributed by atoms with E-state index >= 15 is 0 Å². The molecule has 1 heterocycles. The Kier molecular flexibility index (Phi) is 6.44. The van der Waals surface area contributed by atoms with Gasteiger partial charge in [0.15, 0.2) is 0 Å². The molecule has 5 nitrogen and oxygen atoms in total. The maximum atomic E-state index is 12.2. The first-order valence-electron chi connectivity index (χ1n) is 8.21. The molecule has 23 heavy (non-hydrogen) atoms. The number of amides is 1. The molecule has 0 radical (unpaired) electrons. The quantitative estimate of drug-likeness (QED) is 0.782. The summed E-state index contributed by atoms with van der Waals surface area (Å²) in [6.07, 6.45) is 0.956. The number of ether oxygens (including phenoxy) is 2. The second-order valence-electron chi connectivity index (χ2n) is 6.02. The topological polar surface area (TPSA) is 55.8 Å². The van der Waals surface area contributed by atoms with Gasteiger partial charge < -0.3 is 14.4 Å². The SMILES string of the molecule is CCOC(=O)CC1CCN(C(=O)OCc2ccccc2)CC1C. The fourth-order valence-electron chi connectivity index (χ4n) is 2.91. The van der Waals surface area contributed by atoms with Gasteiger partial charge >= 0.3 is 12.1 Å². The molecule has 1 saturated heterocycles. The molecule has 2 unspecified atom stereocenters. The van der Waals surface area contributed by atoms with Crippen LogP contribution in [0.2, 0.25) is 0 Å². The van der Waals surface area contributed by atoms with Gasteiger partial charge in [-0.05, 0) is 30.7 Å². The predicted molar refractivity (Wildman–Crippen MR) is 86.7 cm³/mol. The number of esters is 1. The zero-order chi connectivity index (χ0) is 16.7. The molecule has 0 N–H and O–H groups in total. The average Bonchev–Trinajstić information content (AvgIpc) is 2.55. The maximum absolute atomic E-state index is 12.2. The van der Waals surface area contributed by atoms with Crippen molar-refractivity contribution < 1.29 is 19.1 Å². The number of benzene rings is 1. The van der Waals surface area contributed by atoms with Gasteiger partial charge in [0, 0.05) is 19.5 Å². The minimum atomic E-state index is -0.282. The molecule has 0 aliphatic carbocycles. The predicted octanol–water partition coefficient (Wildman–Crippen LogP) is 3.23. The van der Waals surface area contributed by atoms with E-state index < -0.39 is 0 Å². The number of nitrogens with zero attached hydrogens (tertiary/aromatic N) is 1. The first kappa shape index (κ1) is 17.3. The summed E-state index contributed by atoms with van der Waals surface area (Å²) in [6, 6.07) is 9.64. The minimum absolute atomic E-state index is 0.149. The van der Waals surface area contributed by atoms with Crippen LogP contribution in [0.15, 0.2) is 30.3 Å². The summed E-state index contributed by atoms with van der Waals surface area (Å²) in [7, 11) is 0. The van der Waals surface area contributed by atoms with Crippen LogP contribution < -0.4 is 0 Å². The second kappa shape index (κ2) is 8.56. The van der Waals surface area contributed by atoms with Crippen LogP contribution in [-0.2, 0) is 20.9 Å². The van der Waals surface area contributed by atoms with E-state index in [9.17, 15) is 9.59 Å². The van der Waals surface area contributed by atoms with E-state index in [0.29, 0.717) is 26.1 Å². The van der Waals surface area contributed by atoms with E-state index in [0.717, 1.165) is 12.0 Å². The second-order valence-corrected chi connectivity index (χ2v) is 6.02. The van der Waals surface area contributed by atoms with Crippen molar-refractivity contribution >= 4 is 12.1 Å². The Hall–Kier alpha value is -2.04. The summed E-state index contributed by atoms with van der Waals surface area (Å²) in [5.41, 5.74) is 0.978. The van der Waals surface area contributed by atoms with Gasteiger partial charge in [0.1, 0.15) is 6.61 Å². The van der Waals surface area contributed by atoms with Crippen LogP contribution in [0, 0.1) is 11.8 Å². The Bertz CT molecular complexity index is 517. The number of likely N-dealkylation sites (tertiary alicyclic amines) is 1. The van der Waals surface area contributed by atoms with Gasteiger partial charge in [0.25, 0.3) is 0 Å². The van der Waals surface area contributed by atoms with E-state index in [1.54, 1.807) is 4.90 Å². The van der Waals surface area contributed by atoms with Gasteiger partial charge in [0.2, 0.25) is 0 Å². The molecule has 2 rings (SSSR count). The van der Waals surface area contributed by atoms with Crippen molar-refractivity contribution in [1.82, 2.24) is 4.90 Å². The Morgan fingerprint density at radius 2 is 1.96 bits per heavy atom. The van der Waals surface area contributed by atoms with Crippen LogP contribution >= 0.6 is 0 Å². The fourth-order valence-corrected chi connectivity index (χ4v) is 2.91. The van der Waals surface area contributed by atoms with Gasteiger partial charge in [0.05, 0.1) is 6.61 Å². The van der Waals surface area contributed by atoms with E-state index in [1.165, 1.54) is 0 Å². The Balaban J connectivity index is 1.77. The Morgan fingerprint density at radius 3 is 2.61 bits per heavy atom. The van der Waals surface area contributed by atoms with Crippen LogP contribution in [0.5, 0.6) is 0 Å². The van der Waals surface area contributed by atoms with Gasteiger partial charge in [-0.3, -0.25) is 4.79 Å². The lowest BCUT2D eigenvalue weighted by Crippen LogP contribution is -2.43. The van der Waals surface area contributed by atoms with E-state index in [4.69, 9.17) is 9.47 Å². The Morgan fingerprint density at radius 1 is 1.22 bits per heavy atom. The van der Waals surface area contributed by atoms with Gasteiger partial charge in [-0.2, -0.15) is 0 Å². The third-order valence-electron chi connectivity index (χ3n) is 4.28. The van der Waals surface area contributed by atoms with Crippen molar-refractivity contribution in [3.8, 4) is 0 Å². The highest BCUT2D eigenvalue weighted by Gasteiger charge is 2.31. The number of carbonyl (C=O) groups is 2. The molecule has 1 aliphatic rings. The summed E-state index contributed by atoms with van der Waals surface area (Å²) < 4.78 is 10.4. The number of hydrogen-bond donors (Lipinski definition) is 0. The summed E-state index contributed by atoms with van der Waals surface area (Å²) >= 11 is 0. The molecule has 1 amide bonds. The third kappa shape index (κ3) is 5.27. The van der Waals surface area contributed by atoms with Crippen LogP contribution in [0.25, 0.3) is 0 Å². The number of piperidine rings is 1. The van der Waals surface area contributed by atoms with Gasteiger partial charge in [-0.15, -0.1) is 0 Å². The highest BCUT2D eigenvalue weighted by atomic mass is 16.6. The van der Waals surface area contributed by atoms with Crippen molar-refractivity contribution in [2.75, 3.05) is 19.7 Å². The number of rotatable bonds is 5. The fraction of sp³-hybridized carbons (Fsp3) is 0.556. The molecular weight excluding hydrogens is 294 g/mol. The molecule has 1 aromatic rings. The van der Waals surface area contributed by atoms with Crippen LogP contribution in [0.1, 0.15) is 32.3 Å².